The molecule has 1 atom stereocenters. The second kappa shape index (κ2) is 4.77. The van der Waals surface area contributed by atoms with E-state index in [2.05, 4.69) is 9.88 Å². The van der Waals surface area contributed by atoms with Gasteiger partial charge in [0.15, 0.2) is 11.6 Å². The van der Waals surface area contributed by atoms with Gasteiger partial charge in [0.05, 0.1) is 0 Å². The van der Waals surface area contributed by atoms with Gasteiger partial charge in [-0.3, -0.25) is 4.90 Å². The van der Waals surface area contributed by atoms with Crippen LogP contribution in [0.15, 0.2) is 12.1 Å². The first-order valence-electron chi connectivity index (χ1n) is 7.16. The molecule has 0 spiro atoms. The summed E-state index contributed by atoms with van der Waals surface area (Å²) in [6.45, 7) is 6.07. The molecule has 5 heteroatoms. The average molecular weight is 296 g/mol. The van der Waals surface area contributed by atoms with E-state index in [0.29, 0.717) is 25.0 Å². The van der Waals surface area contributed by atoms with Gasteiger partial charge in [-0.25, -0.2) is 13.2 Å². The lowest BCUT2D eigenvalue weighted by molar-refractivity contribution is 0.0853. The first-order valence-corrected chi connectivity index (χ1v) is 7.16. The fraction of sp³-hybridized carbons (Fsp3) is 0.500. The summed E-state index contributed by atoms with van der Waals surface area (Å²) in [5.41, 5.74) is 1.28. The molecule has 2 aromatic rings. The van der Waals surface area contributed by atoms with Gasteiger partial charge in [-0.15, -0.1) is 0 Å². The molecule has 1 aromatic carbocycles. The Hall–Kier alpha value is -1.49. The van der Waals surface area contributed by atoms with Crippen LogP contribution in [0.1, 0.15) is 32.0 Å². The smallest absolute Gasteiger partial charge is 0.160 e. The molecule has 0 radical (unpaired) electrons. The molecule has 2 nitrogen and oxygen atoms in total. The van der Waals surface area contributed by atoms with Crippen molar-refractivity contribution in [3.05, 3.63) is 35.0 Å². The Morgan fingerprint density at radius 2 is 1.95 bits per heavy atom. The van der Waals surface area contributed by atoms with Crippen molar-refractivity contribution in [2.24, 2.45) is 0 Å². The molecule has 0 unspecified atom stereocenters. The summed E-state index contributed by atoms with van der Waals surface area (Å²) in [7, 11) is 0. The highest BCUT2D eigenvalue weighted by Crippen LogP contribution is 2.32. The topological polar surface area (TPSA) is 19.0 Å². The molecule has 0 saturated heterocycles. The van der Waals surface area contributed by atoms with E-state index in [1.807, 2.05) is 6.92 Å². The second-order valence-corrected chi connectivity index (χ2v) is 6.57. The van der Waals surface area contributed by atoms with Crippen LogP contribution in [-0.2, 0) is 13.0 Å². The number of nitrogens with one attached hydrogen (secondary N) is 1. The fourth-order valence-corrected chi connectivity index (χ4v) is 3.15. The van der Waals surface area contributed by atoms with E-state index in [1.54, 1.807) is 13.8 Å². The molecular weight excluding hydrogens is 277 g/mol. The lowest BCUT2D eigenvalue weighted by Crippen LogP contribution is -2.44. The van der Waals surface area contributed by atoms with Crippen molar-refractivity contribution in [1.29, 1.82) is 0 Å². The molecule has 0 saturated carbocycles. The van der Waals surface area contributed by atoms with E-state index in [-0.39, 0.29) is 6.04 Å². The van der Waals surface area contributed by atoms with E-state index in [0.717, 1.165) is 16.6 Å². The maximum atomic E-state index is 13.9. The minimum Gasteiger partial charge on any atom is -0.357 e. The molecular formula is C16H19F3N2. The van der Waals surface area contributed by atoms with Crippen LogP contribution in [0.4, 0.5) is 13.2 Å². The van der Waals surface area contributed by atoms with E-state index in [4.69, 9.17) is 0 Å². The molecule has 0 fully saturated rings. The van der Waals surface area contributed by atoms with Gasteiger partial charge < -0.3 is 4.98 Å². The quantitative estimate of drug-likeness (QED) is 0.889. The Morgan fingerprint density at radius 1 is 1.29 bits per heavy atom. The lowest BCUT2D eigenvalue weighted by Gasteiger charge is -2.36. The summed E-state index contributed by atoms with van der Waals surface area (Å²) in [5.74, 6) is -1.68. The predicted octanol–water partition coefficient (Wildman–Crippen LogP) is 3.94. The van der Waals surface area contributed by atoms with Crippen molar-refractivity contribution in [3.63, 3.8) is 0 Å². The number of hydrogen-bond acceptors (Lipinski definition) is 1. The van der Waals surface area contributed by atoms with Crippen LogP contribution in [-0.4, -0.2) is 28.1 Å². The van der Waals surface area contributed by atoms with Crippen LogP contribution in [0.3, 0.4) is 0 Å². The zero-order chi connectivity index (χ0) is 15.4. The highest BCUT2D eigenvalue weighted by atomic mass is 19.2. The maximum absolute atomic E-state index is 13.9. The molecule has 0 bridgehead atoms. The van der Waals surface area contributed by atoms with Gasteiger partial charge in [-0.1, -0.05) is 0 Å². The number of alkyl halides is 1. The number of rotatable bonds is 2. The average Bonchev–Trinajstić information content (AvgIpc) is 2.66. The third kappa shape index (κ3) is 2.67. The highest BCUT2D eigenvalue weighted by molar-refractivity contribution is 5.85. The van der Waals surface area contributed by atoms with Gasteiger partial charge in [-0.05, 0) is 38.8 Å². The van der Waals surface area contributed by atoms with Gasteiger partial charge in [-0.2, -0.15) is 0 Å². The SMILES string of the molecule is C[C@@H]1Cc2c([nH]c3cc(F)c(F)cc23)CN1CC(C)(C)F. The molecule has 3 rings (SSSR count). The molecule has 1 aromatic heterocycles. The van der Waals surface area contributed by atoms with E-state index < -0.39 is 17.3 Å². The number of aromatic amines is 1. The Kier molecular flexibility index (Phi) is 3.28. The molecule has 1 aliphatic rings. The zero-order valence-corrected chi connectivity index (χ0v) is 12.4. The normalized spacial score (nSPS) is 20.0. The maximum Gasteiger partial charge on any atom is 0.160 e. The van der Waals surface area contributed by atoms with Crippen LogP contribution in [0.5, 0.6) is 0 Å². The van der Waals surface area contributed by atoms with E-state index in [9.17, 15) is 13.2 Å². The number of H-pyrrole nitrogens is 1. The Balaban J connectivity index is 2.00. The van der Waals surface area contributed by atoms with Gasteiger partial charge in [0.1, 0.15) is 5.67 Å². The minimum atomic E-state index is -1.27. The van der Waals surface area contributed by atoms with Gasteiger partial charge in [0.25, 0.3) is 0 Å². The number of hydrogen-bond donors (Lipinski definition) is 1. The van der Waals surface area contributed by atoms with Crippen LogP contribution in [0.2, 0.25) is 0 Å². The molecule has 21 heavy (non-hydrogen) atoms. The van der Waals surface area contributed by atoms with E-state index >= 15 is 0 Å². The molecule has 1 N–H and O–H groups in total. The summed E-state index contributed by atoms with van der Waals surface area (Å²) in [6.07, 6.45) is 0.705. The van der Waals surface area contributed by atoms with Crippen molar-refractivity contribution in [3.8, 4) is 0 Å². The summed E-state index contributed by atoms with van der Waals surface area (Å²) in [4.78, 5) is 5.21. The van der Waals surface area contributed by atoms with Crippen molar-refractivity contribution in [2.45, 2.75) is 45.4 Å². The first kappa shape index (κ1) is 14.4. The summed E-state index contributed by atoms with van der Waals surface area (Å²) >= 11 is 0. The van der Waals surface area contributed by atoms with Crippen molar-refractivity contribution >= 4 is 10.9 Å². The lowest BCUT2D eigenvalue weighted by atomic mass is 9.96. The fourth-order valence-electron chi connectivity index (χ4n) is 3.15. The first-order chi connectivity index (χ1) is 9.74. The third-order valence-electron chi connectivity index (χ3n) is 4.10. The van der Waals surface area contributed by atoms with Crippen molar-refractivity contribution < 1.29 is 13.2 Å². The Labute approximate surface area is 121 Å². The van der Waals surface area contributed by atoms with Crippen LogP contribution in [0, 0.1) is 11.6 Å². The number of aromatic nitrogens is 1. The largest absolute Gasteiger partial charge is 0.357 e. The standard InChI is InChI=1S/C16H19F3N2/c1-9-4-10-11-5-12(17)13(18)6-14(11)20-15(10)7-21(9)8-16(2,3)19/h5-6,9,20H,4,7-8H2,1-3H3/t9-/m1/s1. The molecule has 2 heterocycles. The predicted molar refractivity (Wildman–Crippen MR) is 77.0 cm³/mol. The third-order valence-corrected chi connectivity index (χ3v) is 4.10. The van der Waals surface area contributed by atoms with Gasteiger partial charge in [0.2, 0.25) is 0 Å². The van der Waals surface area contributed by atoms with Crippen LogP contribution >= 0.6 is 0 Å². The van der Waals surface area contributed by atoms with Crippen molar-refractivity contribution in [1.82, 2.24) is 9.88 Å². The van der Waals surface area contributed by atoms with Crippen LogP contribution in [0.25, 0.3) is 10.9 Å². The molecule has 114 valence electrons. The van der Waals surface area contributed by atoms with Crippen LogP contribution < -0.4 is 0 Å². The minimum absolute atomic E-state index is 0.166. The summed E-state index contributed by atoms with van der Waals surface area (Å²) in [5, 5.41) is 0.731. The number of halogens is 3. The Bertz CT molecular complexity index is 685. The zero-order valence-electron chi connectivity index (χ0n) is 12.4. The summed E-state index contributed by atoms with van der Waals surface area (Å²) < 4.78 is 40.7. The monoisotopic (exact) mass is 296 g/mol. The van der Waals surface area contributed by atoms with E-state index in [1.165, 1.54) is 12.1 Å². The molecule has 0 amide bonds. The second-order valence-electron chi connectivity index (χ2n) is 6.57. The molecule has 0 aliphatic carbocycles. The number of nitrogens with zero attached hydrogens (tertiary/aromatic N) is 1. The van der Waals surface area contributed by atoms with Gasteiger partial charge in [0, 0.05) is 41.8 Å². The molecule has 1 aliphatic heterocycles. The Morgan fingerprint density at radius 3 is 2.62 bits per heavy atom. The summed E-state index contributed by atoms with van der Waals surface area (Å²) in [6, 6.07) is 2.61. The highest BCUT2D eigenvalue weighted by Gasteiger charge is 2.30. The number of fused-ring (bicyclic) bond motifs is 3. The van der Waals surface area contributed by atoms with Gasteiger partial charge >= 0.3 is 0 Å². The number of benzene rings is 1. The van der Waals surface area contributed by atoms with Crippen molar-refractivity contribution in [2.75, 3.05) is 6.54 Å².